The second kappa shape index (κ2) is 6.93. The van der Waals surface area contributed by atoms with Gasteiger partial charge in [0.1, 0.15) is 5.76 Å². The van der Waals surface area contributed by atoms with Crippen LogP contribution in [0.2, 0.25) is 0 Å². The monoisotopic (exact) mass is 361 g/mol. The van der Waals surface area contributed by atoms with Gasteiger partial charge in [-0.25, -0.2) is 8.42 Å². The highest BCUT2D eigenvalue weighted by Crippen LogP contribution is 2.25. The third kappa shape index (κ3) is 3.61. The zero-order valence-electron chi connectivity index (χ0n) is 13.6. The van der Waals surface area contributed by atoms with Gasteiger partial charge in [0.2, 0.25) is 10.0 Å². The van der Waals surface area contributed by atoms with Crippen molar-refractivity contribution < 1.29 is 12.8 Å². The van der Waals surface area contributed by atoms with Gasteiger partial charge >= 0.3 is 0 Å². The lowest BCUT2D eigenvalue weighted by Crippen LogP contribution is -2.30. The van der Waals surface area contributed by atoms with E-state index < -0.39 is 10.0 Å². The van der Waals surface area contributed by atoms with Crippen LogP contribution >= 0.6 is 11.3 Å². The van der Waals surface area contributed by atoms with Crippen LogP contribution in [-0.2, 0) is 23.1 Å². The third-order valence-corrected chi connectivity index (χ3v) is 6.48. The first kappa shape index (κ1) is 17.0. The second-order valence-electron chi connectivity index (χ2n) is 5.75. The number of aryl methyl sites for hydroxylation is 2. The van der Waals surface area contributed by atoms with Crippen LogP contribution < -0.4 is 0 Å². The predicted molar refractivity (Wildman–Crippen MR) is 95.4 cm³/mol. The second-order valence-corrected chi connectivity index (χ2v) is 8.44. The molecule has 0 atom stereocenters. The average Bonchev–Trinajstić information content (AvgIpc) is 3.19. The van der Waals surface area contributed by atoms with Crippen molar-refractivity contribution in [3.63, 3.8) is 0 Å². The predicted octanol–water partition coefficient (Wildman–Crippen LogP) is 4.35. The third-order valence-electron chi connectivity index (χ3n) is 3.80. The van der Waals surface area contributed by atoms with E-state index in [0.29, 0.717) is 17.2 Å². The molecule has 0 aliphatic carbocycles. The molecular weight excluding hydrogens is 342 g/mol. The topological polar surface area (TPSA) is 50.5 Å². The summed E-state index contributed by atoms with van der Waals surface area (Å²) < 4.78 is 33.2. The molecular formula is C18H19NO3S2. The molecule has 3 rings (SSSR count). The number of hydrogen-bond acceptors (Lipinski definition) is 4. The van der Waals surface area contributed by atoms with Crippen molar-refractivity contribution in [1.82, 2.24) is 4.31 Å². The molecule has 3 aromatic rings. The highest BCUT2D eigenvalue weighted by molar-refractivity contribution is 7.89. The zero-order chi connectivity index (χ0) is 17.2. The van der Waals surface area contributed by atoms with Gasteiger partial charge in [0, 0.05) is 6.54 Å². The van der Waals surface area contributed by atoms with Crippen molar-refractivity contribution in [2.45, 2.75) is 31.8 Å². The average molecular weight is 361 g/mol. The summed E-state index contributed by atoms with van der Waals surface area (Å²) in [6.45, 7) is 4.31. The van der Waals surface area contributed by atoms with Crippen LogP contribution in [-0.4, -0.2) is 12.7 Å². The summed E-state index contributed by atoms with van der Waals surface area (Å²) in [7, 11) is -3.62. The molecule has 0 N–H and O–H groups in total. The van der Waals surface area contributed by atoms with E-state index in [4.69, 9.17) is 4.42 Å². The number of furan rings is 1. The zero-order valence-corrected chi connectivity index (χ0v) is 15.2. The fourth-order valence-corrected chi connectivity index (χ4v) is 4.88. The van der Waals surface area contributed by atoms with Crippen molar-refractivity contribution in [2.75, 3.05) is 0 Å². The first-order valence-corrected chi connectivity index (χ1v) is 9.96. The standard InChI is InChI=1S/C18H19NO3S2/c1-14-5-6-18(15(2)10-14)24(20,21)19(11-16-7-9-23-13-16)12-17-4-3-8-22-17/h3-10,13H,11-12H2,1-2H3. The normalized spacial score (nSPS) is 12.0. The molecule has 1 aromatic carbocycles. The molecule has 126 valence electrons. The molecule has 4 nitrogen and oxygen atoms in total. The van der Waals surface area contributed by atoms with Crippen molar-refractivity contribution in [3.8, 4) is 0 Å². The van der Waals surface area contributed by atoms with E-state index in [0.717, 1.165) is 16.7 Å². The van der Waals surface area contributed by atoms with Crippen molar-refractivity contribution in [2.24, 2.45) is 0 Å². The Labute approximate surface area is 146 Å². The highest BCUT2D eigenvalue weighted by atomic mass is 32.2. The van der Waals surface area contributed by atoms with E-state index >= 15 is 0 Å². The first-order chi connectivity index (χ1) is 11.5. The van der Waals surface area contributed by atoms with E-state index in [1.54, 1.807) is 35.8 Å². The number of benzene rings is 1. The van der Waals surface area contributed by atoms with Gasteiger partial charge < -0.3 is 4.42 Å². The van der Waals surface area contributed by atoms with Gasteiger partial charge in [-0.2, -0.15) is 15.6 Å². The Morgan fingerprint density at radius 2 is 1.96 bits per heavy atom. The Morgan fingerprint density at radius 3 is 2.58 bits per heavy atom. The fraction of sp³-hybridized carbons (Fsp3) is 0.222. The smallest absolute Gasteiger partial charge is 0.244 e. The van der Waals surface area contributed by atoms with Gasteiger partial charge in [0.15, 0.2) is 0 Å². The van der Waals surface area contributed by atoms with Gasteiger partial charge in [-0.3, -0.25) is 0 Å². The minimum atomic E-state index is -3.62. The summed E-state index contributed by atoms with van der Waals surface area (Å²) in [6.07, 6.45) is 1.56. The van der Waals surface area contributed by atoms with Crippen LogP contribution in [0.25, 0.3) is 0 Å². The lowest BCUT2D eigenvalue weighted by molar-refractivity contribution is 0.358. The van der Waals surface area contributed by atoms with Crippen LogP contribution in [0.15, 0.2) is 62.7 Å². The van der Waals surface area contributed by atoms with Crippen molar-refractivity contribution >= 4 is 21.4 Å². The molecule has 0 unspecified atom stereocenters. The van der Waals surface area contributed by atoms with E-state index in [-0.39, 0.29) is 6.54 Å². The van der Waals surface area contributed by atoms with E-state index in [1.807, 2.05) is 42.8 Å². The Kier molecular flexibility index (Phi) is 4.89. The SMILES string of the molecule is Cc1ccc(S(=O)(=O)N(Cc2ccsc2)Cc2ccco2)c(C)c1. The summed E-state index contributed by atoms with van der Waals surface area (Å²) in [6, 6.07) is 10.9. The van der Waals surface area contributed by atoms with E-state index in [1.165, 1.54) is 4.31 Å². The molecule has 0 fully saturated rings. The molecule has 0 amide bonds. The van der Waals surface area contributed by atoms with Gasteiger partial charge in [0.25, 0.3) is 0 Å². The molecule has 2 heterocycles. The molecule has 24 heavy (non-hydrogen) atoms. The maximum Gasteiger partial charge on any atom is 0.244 e. The van der Waals surface area contributed by atoms with Crippen LogP contribution in [0.1, 0.15) is 22.5 Å². The largest absolute Gasteiger partial charge is 0.468 e. The number of rotatable bonds is 6. The van der Waals surface area contributed by atoms with Crippen molar-refractivity contribution in [3.05, 3.63) is 75.9 Å². The molecule has 0 bridgehead atoms. The van der Waals surface area contributed by atoms with Crippen LogP contribution in [0.3, 0.4) is 0 Å². The van der Waals surface area contributed by atoms with Gasteiger partial charge in [-0.15, -0.1) is 0 Å². The molecule has 6 heteroatoms. The molecule has 0 aliphatic rings. The van der Waals surface area contributed by atoms with Crippen LogP contribution in [0.4, 0.5) is 0 Å². The lowest BCUT2D eigenvalue weighted by atomic mass is 10.2. The van der Waals surface area contributed by atoms with E-state index in [2.05, 4.69) is 0 Å². The van der Waals surface area contributed by atoms with Gasteiger partial charge in [-0.05, 0) is 60.0 Å². The highest BCUT2D eigenvalue weighted by Gasteiger charge is 2.27. The fourth-order valence-electron chi connectivity index (χ4n) is 2.62. The number of hydrogen-bond donors (Lipinski definition) is 0. The molecule has 0 radical (unpaired) electrons. The summed E-state index contributed by atoms with van der Waals surface area (Å²) in [5, 5.41) is 3.91. The molecule has 0 spiro atoms. The van der Waals surface area contributed by atoms with Crippen LogP contribution in [0, 0.1) is 13.8 Å². The summed E-state index contributed by atoms with van der Waals surface area (Å²) in [4.78, 5) is 0.342. The molecule has 0 saturated carbocycles. The van der Waals surface area contributed by atoms with E-state index in [9.17, 15) is 8.42 Å². The Balaban J connectivity index is 1.99. The Bertz CT molecular complexity index is 862. The molecule has 2 aromatic heterocycles. The maximum absolute atomic E-state index is 13.2. The minimum Gasteiger partial charge on any atom is -0.468 e. The minimum absolute atomic E-state index is 0.207. The molecule has 0 saturated heterocycles. The van der Waals surface area contributed by atoms with Gasteiger partial charge in [0.05, 0.1) is 17.7 Å². The van der Waals surface area contributed by atoms with Crippen molar-refractivity contribution in [1.29, 1.82) is 0 Å². The summed E-state index contributed by atoms with van der Waals surface area (Å²) in [5.41, 5.74) is 2.77. The van der Waals surface area contributed by atoms with Crippen LogP contribution in [0.5, 0.6) is 0 Å². The first-order valence-electron chi connectivity index (χ1n) is 7.57. The Morgan fingerprint density at radius 1 is 1.12 bits per heavy atom. The summed E-state index contributed by atoms with van der Waals surface area (Å²) in [5.74, 6) is 0.624. The number of thiophene rings is 1. The quantitative estimate of drug-likeness (QED) is 0.656. The maximum atomic E-state index is 13.2. The molecule has 0 aliphatic heterocycles. The van der Waals surface area contributed by atoms with Gasteiger partial charge in [-0.1, -0.05) is 17.7 Å². The summed E-state index contributed by atoms with van der Waals surface area (Å²) >= 11 is 1.56. The Hall–Kier alpha value is -1.89. The lowest BCUT2D eigenvalue weighted by Gasteiger charge is -2.22. The number of sulfonamides is 1. The number of nitrogens with zero attached hydrogens (tertiary/aromatic N) is 1.